The number of ether oxygens (including phenoxy) is 1. The topological polar surface area (TPSA) is 18.5 Å². The summed E-state index contributed by atoms with van der Waals surface area (Å²) in [7, 11) is 3.39. The zero-order valence-corrected chi connectivity index (χ0v) is 7.82. The molecule has 0 heterocycles. The van der Waals surface area contributed by atoms with E-state index in [1.165, 1.54) is 0 Å². The Kier molecular flexibility index (Phi) is 2.92. The highest BCUT2D eigenvalue weighted by Gasteiger charge is 2.36. The first-order valence-corrected chi connectivity index (χ1v) is 3.47. The van der Waals surface area contributed by atoms with Crippen LogP contribution in [-0.4, -0.2) is 26.4 Å². The maximum atomic E-state index is 5.27. The van der Waals surface area contributed by atoms with Crippen LogP contribution in [0.1, 0.15) is 27.7 Å². The monoisotopic (exact) mass is 144 g/mol. The Morgan fingerprint density at radius 1 is 1.00 bits per heavy atom. The van der Waals surface area contributed by atoms with Gasteiger partial charge in [0.05, 0.1) is 11.2 Å². The fourth-order valence-corrected chi connectivity index (χ4v) is 0.492. The van der Waals surface area contributed by atoms with Crippen LogP contribution in [0, 0.1) is 0 Å². The first-order chi connectivity index (χ1) is 4.37. The minimum atomic E-state index is -0.234. The minimum Gasteiger partial charge on any atom is -0.436 e. The van der Waals surface area contributed by atoms with Gasteiger partial charge >= 0.3 is 0 Å². The van der Waals surface area contributed by atoms with E-state index in [-0.39, 0.29) is 11.2 Å². The number of hydrogen-bond acceptors (Lipinski definition) is 2. The largest absolute Gasteiger partial charge is 0.436 e. The lowest BCUT2D eigenvalue weighted by Gasteiger charge is -2.39. The van der Waals surface area contributed by atoms with Crippen LogP contribution in [-0.2, 0) is 9.39 Å². The van der Waals surface area contributed by atoms with E-state index in [4.69, 9.17) is 9.39 Å². The second-order valence-electron chi connectivity index (χ2n) is 3.43. The molecule has 0 amide bonds. The molecule has 0 radical (unpaired) electrons. The van der Waals surface area contributed by atoms with E-state index in [1.54, 1.807) is 15.2 Å². The van der Waals surface area contributed by atoms with Gasteiger partial charge in [-0.05, 0) is 27.7 Å². The summed E-state index contributed by atoms with van der Waals surface area (Å²) in [5.41, 5.74) is -0.469. The maximum Gasteiger partial charge on any atom is 0.258 e. The summed E-state index contributed by atoms with van der Waals surface area (Å²) in [4.78, 5) is 0. The summed E-state index contributed by atoms with van der Waals surface area (Å²) in [5, 5.41) is 0. The molecule has 60 valence electrons. The Morgan fingerprint density at radius 3 is 1.50 bits per heavy atom. The van der Waals surface area contributed by atoms with E-state index in [1.807, 2.05) is 27.7 Å². The second kappa shape index (κ2) is 2.93. The zero-order chi connectivity index (χ0) is 8.41. The van der Waals surface area contributed by atoms with E-state index in [2.05, 4.69) is 0 Å². The third-order valence-corrected chi connectivity index (χ3v) is 2.47. The lowest BCUT2D eigenvalue weighted by molar-refractivity contribution is -0.112. The zero-order valence-electron chi connectivity index (χ0n) is 7.82. The molecule has 0 N–H and O–H groups in total. The molecule has 0 aliphatic carbocycles. The van der Waals surface area contributed by atoms with Crippen LogP contribution >= 0.6 is 0 Å². The Hall–Kier alpha value is -0.0151. The van der Waals surface area contributed by atoms with Crippen LogP contribution in [0.4, 0.5) is 0 Å². The van der Waals surface area contributed by atoms with E-state index in [0.717, 1.165) is 0 Å². The SMILES string of the molecule is BOC(C)(C)C(C)(C)OC. The number of methoxy groups -OCH3 is 1. The van der Waals surface area contributed by atoms with Crippen molar-refractivity contribution in [2.75, 3.05) is 7.11 Å². The van der Waals surface area contributed by atoms with Gasteiger partial charge < -0.3 is 9.39 Å². The average Bonchev–Trinajstić information content (AvgIpc) is 1.88. The Labute approximate surface area is 64.3 Å². The summed E-state index contributed by atoms with van der Waals surface area (Å²) in [6, 6.07) is 0. The van der Waals surface area contributed by atoms with Gasteiger partial charge in [0, 0.05) is 7.11 Å². The number of hydrogen-bond donors (Lipinski definition) is 0. The summed E-state index contributed by atoms with van der Waals surface area (Å²) in [6.07, 6.45) is 0. The standard InChI is InChI=1S/C7H17BO2/c1-6(2,9-5)7(3,4)10-8/h8H2,1-5H3. The molecule has 10 heavy (non-hydrogen) atoms. The first-order valence-electron chi connectivity index (χ1n) is 3.47. The van der Waals surface area contributed by atoms with Crippen molar-refractivity contribution in [3.8, 4) is 0 Å². The normalized spacial score (nSPS) is 13.7. The van der Waals surface area contributed by atoms with Crippen LogP contribution in [0.25, 0.3) is 0 Å². The van der Waals surface area contributed by atoms with Crippen molar-refractivity contribution >= 4 is 8.05 Å². The van der Waals surface area contributed by atoms with Gasteiger partial charge in [0.2, 0.25) is 0 Å². The average molecular weight is 144 g/mol. The molecule has 0 atom stereocenters. The maximum absolute atomic E-state index is 5.27. The molecule has 0 bridgehead atoms. The molecule has 0 aromatic carbocycles. The molecule has 0 rings (SSSR count). The molecule has 0 aromatic rings. The van der Waals surface area contributed by atoms with Gasteiger partial charge in [-0.25, -0.2) is 0 Å². The van der Waals surface area contributed by atoms with Crippen molar-refractivity contribution in [3.05, 3.63) is 0 Å². The van der Waals surface area contributed by atoms with E-state index in [9.17, 15) is 0 Å². The highest BCUT2D eigenvalue weighted by atomic mass is 16.5. The Morgan fingerprint density at radius 2 is 1.40 bits per heavy atom. The predicted molar refractivity (Wildman–Crippen MR) is 44.8 cm³/mol. The highest BCUT2D eigenvalue weighted by molar-refractivity contribution is 5.98. The van der Waals surface area contributed by atoms with Gasteiger partial charge in [-0.1, -0.05) is 0 Å². The van der Waals surface area contributed by atoms with Crippen molar-refractivity contribution in [3.63, 3.8) is 0 Å². The highest BCUT2D eigenvalue weighted by Crippen LogP contribution is 2.26. The summed E-state index contributed by atoms with van der Waals surface area (Å²) >= 11 is 0. The third kappa shape index (κ3) is 1.73. The molecule has 2 nitrogen and oxygen atoms in total. The van der Waals surface area contributed by atoms with Gasteiger partial charge in [-0.3, -0.25) is 0 Å². The molecule has 0 saturated heterocycles. The molecule has 0 aromatic heterocycles. The van der Waals surface area contributed by atoms with Gasteiger partial charge in [0.1, 0.15) is 0 Å². The van der Waals surface area contributed by atoms with E-state index >= 15 is 0 Å². The minimum absolute atomic E-state index is 0.234. The summed E-state index contributed by atoms with van der Waals surface area (Å²) in [6.45, 7) is 8.04. The van der Waals surface area contributed by atoms with Crippen molar-refractivity contribution in [1.29, 1.82) is 0 Å². The molecule has 3 heteroatoms. The van der Waals surface area contributed by atoms with E-state index < -0.39 is 0 Å². The fourth-order valence-electron chi connectivity index (χ4n) is 0.492. The van der Waals surface area contributed by atoms with Crippen LogP contribution < -0.4 is 0 Å². The van der Waals surface area contributed by atoms with Crippen molar-refractivity contribution in [1.82, 2.24) is 0 Å². The second-order valence-corrected chi connectivity index (χ2v) is 3.43. The van der Waals surface area contributed by atoms with Crippen LogP contribution in [0.5, 0.6) is 0 Å². The molecular formula is C7H17BO2. The van der Waals surface area contributed by atoms with Gasteiger partial charge in [-0.2, -0.15) is 0 Å². The van der Waals surface area contributed by atoms with Gasteiger partial charge in [0.25, 0.3) is 8.05 Å². The molecular weight excluding hydrogens is 127 g/mol. The van der Waals surface area contributed by atoms with Gasteiger partial charge in [-0.15, -0.1) is 0 Å². The Balaban J connectivity index is 4.28. The quantitative estimate of drug-likeness (QED) is 0.544. The van der Waals surface area contributed by atoms with Crippen molar-refractivity contribution < 1.29 is 9.39 Å². The van der Waals surface area contributed by atoms with Crippen LogP contribution in [0.15, 0.2) is 0 Å². The fraction of sp³-hybridized carbons (Fsp3) is 1.00. The summed E-state index contributed by atoms with van der Waals surface area (Å²) < 4.78 is 10.5. The lowest BCUT2D eigenvalue weighted by atomic mass is 9.88. The van der Waals surface area contributed by atoms with Crippen molar-refractivity contribution in [2.24, 2.45) is 0 Å². The van der Waals surface area contributed by atoms with Crippen LogP contribution in [0.2, 0.25) is 0 Å². The molecule has 0 unspecified atom stereocenters. The number of rotatable bonds is 3. The third-order valence-electron chi connectivity index (χ3n) is 2.47. The first kappa shape index (κ1) is 9.98. The molecule has 0 aliphatic heterocycles. The lowest BCUT2D eigenvalue weighted by Crippen LogP contribution is -2.48. The Bertz CT molecular complexity index is 96.2. The predicted octanol–water partition coefficient (Wildman–Crippen LogP) is 0.755. The molecule has 0 saturated carbocycles. The van der Waals surface area contributed by atoms with Crippen LogP contribution in [0.3, 0.4) is 0 Å². The van der Waals surface area contributed by atoms with E-state index in [0.29, 0.717) is 0 Å². The smallest absolute Gasteiger partial charge is 0.258 e. The van der Waals surface area contributed by atoms with Gasteiger partial charge in [0.15, 0.2) is 0 Å². The summed E-state index contributed by atoms with van der Waals surface area (Å²) in [5.74, 6) is 0. The molecule has 0 aliphatic rings. The molecule has 0 fully saturated rings. The van der Waals surface area contributed by atoms with Crippen molar-refractivity contribution in [2.45, 2.75) is 38.9 Å². The molecule has 0 spiro atoms.